The SMILES string of the molecule is CCCNc1nn(CCN(C)C)c(N)c1C#N. The summed E-state index contributed by atoms with van der Waals surface area (Å²) in [6.45, 7) is 4.37. The Morgan fingerprint density at radius 2 is 2.24 bits per heavy atom. The highest BCUT2D eigenvalue weighted by molar-refractivity contribution is 5.63. The Bertz CT molecular complexity index is 401. The van der Waals surface area contributed by atoms with Crippen LogP contribution in [0, 0.1) is 11.3 Å². The molecule has 0 aliphatic rings. The third kappa shape index (κ3) is 3.36. The smallest absolute Gasteiger partial charge is 0.168 e. The highest BCUT2D eigenvalue weighted by Crippen LogP contribution is 2.20. The lowest BCUT2D eigenvalue weighted by Crippen LogP contribution is -2.20. The topological polar surface area (TPSA) is 82.9 Å². The van der Waals surface area contributed by atoms with Gasteiger partial charge in [0.15, 0.2) is 5.82 Å². The summed E-state index contributed by atoms with van der Waals surface area (Å²) >= 11 is 0. The average Bonchev–Trinajstić information content (AvgIpc) is 2.60. The van der Waals surface area contributed by atoms with Crippen molar-refractivity contribution >= 4 is 11.6 Å². The lowest BCUT2D eigenvalue weighted by molar-refractivity contribution is 0.375. The number of likely N-dealkylation sites (N-methyl/N-ethyl adjacent to an activating group) is 1. The van der Waals surface area contributed by atoms with Gasteiger partial charge in [-0.2, -0.15) is 10.4 Å². The lowest BCUT2D eigenvalue weighted by Gasteiger charge is -2.09. The van der Waals surface area contributed by atoms with Gasteiger partial charge in [0, 0.05) is 13.1 Å². The zero-order valence-electron chi connectivity index (χ0n) is 10.7. The van der Waals surface area contributed by atoms with E-state index in [4.69, 9.17) is 11.0 Å². The molecule has 1 rings (SSSR count). The molecule has 17 heavy (non-hydrogen) atoms. The number of nitrogens with two attached hydrogens (primary N) is 1. The van der Waals surface area contributed by atoms with Crippen molar-refractivity contribution in [3.8, 4) is 6.07 Å². The zero-order chi connectivity index (χ0) is 12.8. The third-order valence-electron chi connectivity index (χ3n) is 2.40. The van der Waals surface area contributed by atoms with Gasteiger partial charge in [-0.3, -0.25) is 0 Å². The molecule has 0 fully saturated rings. The molecule has 0 saturated carbocycles. The van der Waals surface area contributed by atoms with Crippen LogP contribution in [0.25, 0.3) is 0 Å². The Morgan fingerprint density at radius 3 is 2.76 bits per heavy atom. The van der Waals surface area contributed by atoms with E-state index in [9.17, 15) is 0 Å². The summed E-state index contributed by atoms with van der Waals surface area (Å²) in [4.78, 5) is 2.05. The Hall–Kier alpha value is -1.74. The van der Waals surface area contributed by atoms with Crippen LogP contribution in [0.1, 0.15) is 18.9 Å². The maximum absolute atomic E-state index is 9.06. The van der Waals surface area contributed by atoms with Crippen LogP contribution in [0.5, 0.6) is 0 Å². The van der Waals surface area contributed by atoms with Crippen LogP contribution in [-0.2, 0) is 6.54 Å². The van der Waals surface area contributed by atoms with Gasteiger partial charge >= 0.3 is 0 Å². The number of nitrogen functional groups attached to an aromatic ring is 1. The molecule has 0 atom stereocenters. The summed E-state index contributed by atoms with van der Waals surface area (Å²) in [6, 6.07) is 2.10. The van der Waals surface area contributed by atoms with Crippen LogP contribution in [0.3, 0.4) is 0 Å². The number of nitrogens with zero attached hydrogens (tertiary/aromatic N) is 4. The number of nitriles is 1. The van der Waals surface area contributed by atoms with E-state index < -0.39 is 0 Å². The van der Waals surface area contributed by atoms with E-state index in [-0.39, 0.29) is 0 Å². The van der Waals surface area contributed by atoms with Crippen LogP contribution in [-0.4, -0.2) is 41.9 Å². The predicted molar refractivity (Wildman–Crippen MR) is 68.7 cm³/mol. The summed E-state index contributed by atoms with van der Waals surface area (Å²) in [7, 11) is 3.97. The molecule has 6 nitrogen and oxygen atoms in total. The molecule has 0 bridgehead atoms. The first-order chi connectivity index (χ1) is 8.10. The van der Waals surface area contributed by atoms with Crippen molar-refractivity contribution in [3.05, 3.63) is 5.56 Å². The van der Waals surface area contributed by atoms with E-state index in [0.717, 1.165) is 19.5 Å². The molecule has 0 unspecified atom stereocenters. The molecule has 0 aliphatic heterocycles. The molecule has 0 aliphatic carbocycles. The Balaban J connectivity index is 2.85. The predicted octanol–water partition coefficient (Wildman–Crippen LogP) is 0.720. The molecule has 0 amide bonds. The summed E-state index contributed by atoms with van der Waals surface area (Å²) in [5.41, 5.74) is 6.33. The molecule has 0 aromatic carbocycles. The van der Waals surface area contributed by atoms with Gasteiger partial charge in [0.1, 0.15) is 17.5 Å². The molecule has 0 spiro atoms. The largest absolute Gasteiger partial charge is 0.383 e. The number of hydrogen-bond acceptors (Lipinski definition) is 5. The molecule has 0 saturated heterocycles. The summed E-state index contributed by atoms with van der Waals surface area (Å²) in [5, 5.41) is 16.5. The van der Waals surface area contributed by atoms with Crippen LogP contribution in [0.2, 0.25) is 0 Å². The third-order valence-corrected chi connectivity index (χ3v) is 2.40. The number of nitrogens with one attached hydrogen (secondary N) is 1. The van der Waals surface area contributed by atoms with Gasteiger partial charge in [-0.15, -0.1) is 0 Å². The van der Waals surface area contributed by atoms with Gasteiger partial charge in [0.05, 0.1) is 6.54 Å². The van der Waals surface area contributed by atoms with Crippen LogP contribution in [0.4, 0.5) is 11.6 Å². The molecule has 1 aromatic heterocycles. The molecule has 3 N–H and O–H groups in total. The van der Waals surface area contributed by atoms with Gasteiger partial charge in [0.2, 0.25) is 0 Å². The second kappa shape index (κ2) is 6.11. The molecule has 6 heteroatoms. The summed E-state index contributed by atoms with van der Waals surface area (Å²) in [5.74, 6) is 1.03. The van der Waals surface area contributed by atoms with Crippen molar-refractivity contribution in [2.75, 3.05) is 38.2 Å². The molecular formula is C11H20N6. The average molecular weight is 236 g/mol. The van der Waals surface area contributed by atoms with Gasteiger partial charge in [-0.1, -0.05) is 6.92 Å². The molecule has 94 valence electrons. The highest BCUT2D eigenvalue weighted by Gasteiger charge is 2.14. The monoisotopic (exact) mass is 236 g/mol. The summed E-state index contributed by atoms with van der Waals surface area (Å²) in [6.07, 6.45) is 0.981. The maximum Gasteiger partial charge on any atom is 0.168 e. The number of hydrogen-bond donors (Lipinski definition) is 2. The first-order valence-corrected chi connectivity index (χ1v) is 5.75. The van der Waals surface area contributed by atoms with Crippen LogP contribution < -0.4 is 11.1 Å². The first-order valence-electron chi connectivity index (χ1n) is 5.75. The lowest BCUT2D eigenvalue weighted by atomic mass is 10.3. The number of aromatic nitrogens is 2. The second-order valence-electron chi connectivity index (χ2n) is 4.17. The fraction of sp³-hybridized carbons (Fsp3) is 0.636. The second-order valence-corrected chi connectivity index (χ2v) is 4.17. The van der Waals surface area contributed by atoms with Crippen LogP contribution >= 0.6 is 0 Å². The van der Waals surface area contributed by atoms with E-state index >= 15 is 0 Å². The standard InChI is InChI=1S/C11H20N6/c1-4-5-14-11-9(8-12)10(13)17(15-11)7-6-16(2)3/h4-7,13H2,1-3H3,(H,14,15). The fourth-order valence-electron chi connectivity index (χ4n) is 1.42. The normalized spacial score (nSPS) is 10.5. The highest BCUT2D eigenvalue weighted by atomic mass is 15.4. The van der Waals surface area contributed by atoms with Gasteiger partial charge in [0.25, 0.3) is 0 Å². The van der Waals surface area contributed by atoms with Crippen molar-refractivity contribution in [1.29, 1.82) is 5.26 Å². The minimum atomic E-state index is 0.438. The van der Waals surface area contributed by atoms with E-state index in [1.807, 2.05) is 19.0 Å². The van der Waals surface area contributed by atoms with E-state index in [1.54, 1.807) is 4.68 Å². The first kappa shape index (κ1) is 13.3. The Labute approximate surface area is 102 Å². The van der Waals surface area contributed by atoms with Gasteiger partial charge in [-0.25, -0.2) is 4.68 Å². The Kier molecular flexibility index (Phi) is 4.79. The Morgan fingerprint density at radius 1 is 1.53 bits per heavy atom. The van der Waals surface area contributed by atoms with E-state index in [1.165, 1.54) is 0 Å². The number of rotatable bonds is 6. The zero-order valence-corrected chi connectivity index (χ0v) is 10.7. The number of anilines is 2. The van der Waals surface area contributed by atoms with Crippen molar-refractivity contribution < 1.29 is 0 Å². The van der Waals surface area contributed by atoms with E-state index in [0.29, 0.717) is 23.7 Å². The maximum atomic E-state index is 9.06. The summed E-state index contributed by atoms with van der Waals surface area (Å²) < 4.78 is 1.68. The van der Waals surface area contributed by atoms with E-state index in [2.05, 4.69) is 23.4 Å². The van der Waals surface area contributed by atoms with Gasteiger partial charge < -0.3 is 16.0 Å². The molecule has 0 radical (unpaired) electrons. The van der Waals surface area contributed by atoms with Crippen LogP contribution in [0.15, 0.2) is 0 Å². The fourth-order valence-corrected chi connectivity index (χ4v) is 1.42. The van der Waals surface area contributed by atoms with Crippen molar-refractivity contribution in [1.82, 2.24) is 14.7 Å². The molecule has 1 aromatic rings. The molecule has 1 heterocycles. The molecular weight excluding hydrogens is 216 g/mol. The van der Waals surface area contributed by atoms with Gasteiger partial charge in [-0.05, 0) is 20.5 Å². The van der Waals surface area contributed by atoms with Crippen molar-refractivity contribution in [2.24, 2.45) is 0 Å². The minimum Gasteiger partial charge on any atom is -0.383 e. The minimum absolute atomic E-state index is 0.438. The quantitative estimate of drug-likeness (QED) is 0.760. The van der Waals surface area contributed by atoms with Crippen molar-refractivity contribution in [2.45, 2.75) is 19.9 Å². The van der Waals surface area contributed by atoms with Crippen molar-refractivity contribution in [3.63, 3.8) is 0 Å².